The Balaban J connectivity index is 1.27. The van der Waals surface area contributed by atoms with Crippen molar-refractivity contribution in [3.8, 4) is 11.5 Å². The van der Waals surface area contributed by atoms with Gasteiger partial charge >= 0.3 is 249 Å². The first-order valence-electron chi connectivity index (χ1n) is 12.7. The molecule has 24 nitrogen and oxygen atoms in total. The van der Waals surface area contributed by atoms with Crippen LogP contribution < -0.4 is 37.2 Å². The molecule has 4 aliphatic rings. The van der Waals surface area contributed by atoms with E-state index in [1.165, 1.54) is 0 Å². The molecule has 4 aliphatic heterocycles. The fraction of sp³-hybridized carbons (Fsp3) is 0.316. The quantitative estimate of drug-likeness (QED) is 0.121. The molecule has 0 aromatic carbocycles. The summed E-state index contributed by atoms with van der Waals surface area (Å²) < 4.78 is 32.9. The number of ether oxygens (including phenoxy) is 1. The number of hydrogen-bond donors (Lipinski definition) is 11. The zero-order valence-electron chi connectivity index (χ0n) is 22.3. The molecule has 0 spiro atoms. The first-order chi connectivity index (χ1) is 21.3. The molecule has 2 unspecified atom stereocenters. The topological polar surface area (TPSA) is 348 Å². The second-order valence-electron chi connectivity index (χ2n) is 9.74. The molecule has 13 N–H and O–H groups in total. The minimum atomic E-state index is -5.32. The fourth-order valence-corrected chi connectivity index (χ4v) is 6.40. The summed E-state index contributed by atoms with van der Waals surface area (Å²) in [7, 11) is -10.6. The molecule has 0 saturated carbocycles. The standard InChI is InChI=1S/C19H25N11O13P2/c20-13-7-14(23-3-22-13)30(28-27-7)17-10(32)11-6(41-17)2-39-45(36,37)43-12-9(31)5(1-38-44(34,35)42-11)40-18(12)29-4-24-8-15(29)25-19(21)26-16(8)33/h1,4,7,9,13-14,22-23,31-32,34-37,44-45H,2-3,20H2,(H3,21,25,26,33)/b5-1+/t7?,9-,13-,14?/m1/s1. The predicted molar refractivity (Wildman–Crippen MR) is 148 cm³/mol. The van der Waals surface area contributed by atoms with Gasteiger partial charge in [-0.1, -0.05) is 0 Å². The maximum atomic E-state index is 12.3. The van der Waals surface area contributed by atoms with Crippen LogP contribution >= 0.6 is 16.3 Å². The van der Waals surface area contributed by atoms with Gasteiger partial charge in [0.05, 0.1) is 0 Å². The molecule has 45 heavy (non-hydrogen) atoms. The Morgan fingerprint density at radius 3 is 2.73 bits per heavy atom. The third-order valence-corrected chi connectivity index (χ3v) is 8.67. The molecule has 3 aromatic heterocycles. The third-order valence-electron chi connectivity index (χ3n) is 6.77. The molecule has 0 amide bonds. The molecule has 26 heteroatoms. The summed E-state index contributed by atoms with van der Waals surface area (Å²) in [6, 6.07) is -0.616. The van der Waals surface area contributed by atoms with Crippen LogP contribution in [0, 0.1) is 0 Å². The van der Waals surface area contributed by atoms with E-state index in [1.54, 1.807) is 0 Å². The average molecular weight is 677 g/mol. The van der Waals surface area contributed by atoms with Gasteiger partial charge < -0.3 is 0 Å². The number of nitrogens with two attached hydrogens (primary N) is 2. The van der Waals surface area contributed by atoms with Crippen LogP contribution in [0.2, 0.25) is 0 Å². The van der Waals surface area contributed by atoms with Crippen molar-refractivity contribution in [2.75, 3.05) is 17.4 Å². The number of aliphatic hydroxyl groups excluding tert-OH is 1. The minimum absolute atomic E-state index is 0.183. The Bertz CT molecular complexity index is 1840. The van der Waals surface area contributed by atoms with E-state index in [0.717, 1.165) is 15.9 Å². The fourth-order valence-electron chi connectivity index (χ4n) is 4.74. The third kappa shape index (κ3) is 5.08. The van der Waals surface area contributed by atoms with Crippen molar-refractivity contribution < 1.29 is 57.0 Å². The SMILES string of the molecule is Nc1nc2c(ncn2C2=C3O[PH](O)(O)OCc4oc(N5N=NC6C5NCN[C@H]6N)c(O)c4O[PH](O)(O)O/C=C(/O2)[C@H]3O)c(=O)[nH]1. The summed E-state index contributed by atoms with van der Waals surface area (Å²) in [5.74, 6) is -4.50. The van der Waals surface area contributed by atoms with Crippen LogP contribution in [0.15, 0.2) is 43.7 Å². The Morgan fingerprint density at radius 1 is 1.13 bits per heavy atom. The molecule has 7 rings (SSSR count). The van der Waals surface area contributed by atoms with E-state index in [1.807, 2.05) is 0 Å². The summed E-state index contributed by atoms with van der Waals surface area (Å²) in [6.07, 6.45) is -1.69. The van der Waals surface area contributed by atoms with Gasteiger partial charge in [0.25, 0.3) is 0 Å². The Hall–Kier alpha value is -4.19. The zero-order chi connectivity index (χ0) is 31.8. The number of aromatic amines is 1. The van der Waals surface area contributed by atoms with Gasteiger partial charge in [0.15, 0.2) is 0 Å². The van der Waals surface area contributed by atoms with Gasteiger partial charge in [-0.3, -0.25) is 0 Å². The monoisotopic (exact) mass is 677 g/mol. The number of aromatic hydroxyl groups is 1. The second-order valence-corrected chi connectivity index (χ2v) is 12.9. The number of fused-ring (bicyclic) bond motifs is 5. The number of H-pyrrole nitrogens is 1. The van der Waals surface area contributed by atoms with Gasteiger partial charge in [0.1, 0.15) is 0 Å². The van der Waals surface area contributed by atoms with Crippen molar-refractivity contribution in [1.82, 2.24) is 30.2 Å². The van der Waals surface area contributed by atoms with Gasteiger partial charge in [0.2, 0.25) is 0 Å². The molecule has 0 aliphatic carbocycles. The number of imidazole rings is 1. The number of furan rings is 1. The van der Waals surface area contributed by atoms with Crippen LogP contribution in [-0.2, 0) is 24.9 Å². The van der Waals surface area contributed by atoms with Crippen molar-refractivity contribution in [3.63, 3.8) is 0 Å². The average Bonchev–Trinajstić information content (AvgIpc) is 3.72. The van der Waals surface area contributed by atoms with Crippen molar-refractivity contribution in [2.24, 2.45) is 16.1 Å². The first kappa shape index (κ1) is 29.5. The van der Waals surface area contributed by atoms with Gasteiger partial charge in [0, 0.05) is 0 Å². The van der Waals surface area contributed by atoms with Crippen molar-refractivity contribution in [2.45, 2.75) is 31.1 Å². The van der Waals surface area contributed by atoms with E-state index < -0.39 is 93.5 Å². The first-order valence-corrected chi connectivity index (χ1v) is 16.1. The summed E-state index contributed by atoms with van der Waals surface area (Å²) >= 11 is 0. The van der Waals surface area contributed by atoms with E-state index >= 15 is 0 Å². The maximum absolute atomic E-state index is 12.3. The van der Waals surface area contributed by atoms with E-state index in [9.17, 15) is 34.6 Å². The van der Waals surface area contributed by atoms with E-state index in [0.29, 0.717) is 6.26 Å². The van der Waals surface area contributed by atoms with Gasteiger partial charge in [-0.25, -0.2) is 0 Å². The van der Waals surface area contributed by atoms with Crippen LogP contribution in [0.1, 0.15) is 5.76 Å². The van der Waals surface area contributed by atoms with Crippen molar-refractivity contribution in [1.29, 1.82) is 0 Å². The van der Waals surface area contributed by atoms with Crippen molar-refractivity contribution >= 4 is 45.2 Å². The second kappa shape index (κ2) is 10.4. The number of anilines is 2. The van der Waals surface area contributed by atoms with Crippen LogP contribution in [0.5, 0.6) is 11.5 Å². The van der Waals surface area contributed by atoms with Crippen LogP contribution in [0.25, 0.3) is 17.0 Å². The van der Waals surface area contributed by atoms with Crippen LogP contribution in [-0.4, -0.2) is 80.5 Å². The van der Waals surface area contributed by atoms with E-state index in [4.69, 9.17) is 38.7 Å². The number of hydrogen-bond acceptors (Lipinski definition) is 22. The summed E-state index contributed by atoms with van der Waals surface area (Å²) in [5.41, 5.74) is 10.6. The van der Waals surface area contributed by atoms with E-state index in [-0.39, 0.29) is 23.8 Å². The molecule has 3 aromatic rings. The zero-order valence-corrected chi connectivity index (χ0v) is 24.3. The molecule has 0 radical (unpaired) electrons. The Labute approximate surface area is 249 Å². The van der Waals surface area contributed by atoms with Crippen LogP contribution in [0.4, 0.5) is 11.8 Å². The molecule has 244 valence electrons. The van der Waals surface area contributed by atoms with Crippen molar-refractivity contribution in [3.05, 3.63) is 40.2 Å². The van der Waals surface area contributed by atoms with Gasteiger partial charge in [-0.2, -0.15) is 0 Å². The number of aromatic nitrogens is 4. The van der Waals surface area contributed by atoms with Gasteiger partial charge in [-0.05, 0) is 0 Å². The molecule has 1 fully saturated rings. The molecular formula is C19H25N11O13P2. The molecule has 7 heterocycles. The number of rotatable bonds is 2. The molecule has 1 saturated heterocycles. The molecular weight excluding hydrogens is 652 g/mol. The summed E-state index contributed by atoms with van der Waals surface area (Å²) in [5, 5.41) is 37.0. The Kier molecular flexibility index (Phi) is 6.84. The number of aliphatic hydroxyl groups is 1. The summed E-state index contributed by atoms with van der Waals surface area (Å²) in [4.78, 5) is 65.2. The predicted octanol–water partition coefficient (Wildman–Crippen LogP) is -2.89. The van der Waals surface area contributed by atoms with Gasteiger partial charge in [-0.15, -0.1) is 0 Å². The number of nitrogen functional groups attached to an aromatic ring is 1. The summed E-state index contributed by atoms with van der Waals surface area (Å²) in [6.45, 7) is -0.668. The normalized spacial score (nSPS) is 29.8. The number of nitrogens with zero attached hydrogens (tertiary/aromatic N) is 6. The Morgan fingerprint density at radius 2 is 1.93 bits per heavy atom. The van der Waals surface area contributed by atoms with E-state index in [2.05, 4.69) is 35.9 Å². The van der Waals surface area contributed by atoms with Crippen LogP contribution in [0.3, 0.4) is 0 Å². The molecule has 2 bridgehead atoms. The molecule has 4 atom stereocenters. The number of nitrogens with one attached hydrogen (secondary N) is 3.